The van der Waals surface area contributed by atoms with E-state index in [4.69, 9.17) is 11.6 Å². The van der Waals surface area contributed by atoms with Crippen molar-refractivity contribution in [3.8, 4) is 0 Å². The minimum atomic E-state index is -0.349. The molecule has 0 aliphatic carbocycles. The van der Waals surface area contributed by atoms with Crippen LogP contribution < -0.4 is 29.3 Å². The van der Waals surface area contributed by atoms with Gasteiger partial charge in [0.2, 0.25) is 0 Å². The van der Waals surface area contributed by atoms with E-state index in [2.05, 4.69) is 19.4 Å². The van der Waals surface area contributed by atoms with E-state index in [1.807, 2.05) is 53.4 Å². The minimum Gasteiger partial charge on any atom is -1.00 e. The Labute approximate surface area is 183 Å². The molecule has 2 aromatic carbocycles. The zero-order valence-electron chi connectivity index (χ0n) is 15.7. The second-order valence-electron chi connectivity index (χ2n) is 8.07. The second kappa shape index (κ2) is 7.60. The number of hydrogen-bond donors (Lipinski definition) is 1. The van der Waals surface area contributed by atoms with E-state index in [-0.39, 0.29) is 35.5 Å². The Morgan fingerprint density at radius 3 is 2.41 bits per heavy atom. The molecule has 0 saturated carbocycles. The van der Waals surface area contributed by atoms with Gasteiger partial charge in [0, 0.05) is 30.1 Å². The molecule has 0 aromatic heterocycles. The van der Waals surface area contributed by atoms with Crippen molar-refractivity contribution < 1.29 is 33.3 Å². The number of benzene rings is 2. The molecule has 0 atom stereocenters. The summed E-state index contributed by atoms with van der Waals surface area (Å²) in [5, 5.41) is 4.43. The molecule has 2 heterocycles. The third-order valence-corrected chi connectivity index (χ3v) is 6.20. The van der Waals surface area contributed by atoms with Crippen molar-refractivity contribution in [2.24, 2.45) is 0 Å². The van der Waals surface area contributed by atoms with Gasteiger partial charge < -0.3 is 38.7 Å². The Kier molecular flexibility index (Phi) is 5.75. The first-order valence-corrected chi connectivity index (χ1v) is 9.53. The van der Waals surface area contributed by atoms with Crippen LogP contribution in [0.1, 0.15) is 28.8 Å². The predicted octanol–water partition coefficient (Wildman–Crippen LogP) is 0.978. The number of para-hydroxylation sites is 1. The van der Waals surface area contributed by atoms with E-state index in [1.54, 1.807) is 0 Å². The summed E-state index contributed by atoms with van der Waals surface area (Å²) in [5.74, 6) is 0.0893. The lowest BCUT2D eigenvalue weighted by molar-refractivity contribution is -0.896. The fraction of sp³-hybridized carbons (Fsp3) is 0.381. The molecule has 2 aliphatic rings. The first-order valence-electron chi connectivity index (χ1n) is 9.15. The number of amides is 1. The molecule has 1 N–H and O–H groups in total. The Balaban J connectivity index is 0.00000210. The summed E-state index contributed by atoms with van der Waals surface area (Å²) in [6.07, 6.45) is 1.84. The Morgan fingerprint density at radius 1 is 1.07 bits per heavy atom. The van der Waals surface area contributed by atoms with Gasteiger partial charge in [0.05, 0.1) is 32.7 Å². The highest BCUT2D eigenvalue weighted by Gasteiger charge is 2.48. The number of piperidine rings is 1. The number of quaternary nitrogens is 1. The number of anilines is 1. The molecule has 0 unspecified atom stereocenters. The zero-order valence-corrected chi connectivity index (χ0v) is 18.6. The molecule has 2 aliphatic heterocycles. The normalized spacial score (nSPS) is 19.8. The molecule has 2 aromatic rings. The van der Waals surface area contributed by atoms with Crippen molar-refractivity contribution in [1.82, 2.24) is 4.90 Å². The van der Waals surface area contributed by atoms with Gasteiger partial charge in [0.1, 0.15) is 5.66 Å². The van der Waals surface area contributed by atoms with Crippen LogP contribution in [0.4, 0.5) is 5.69 Å². The van der Waals surface area contributed by atoms with Crippen LogP contribution in [-0.2, 0) is 6.54 Å². The van der Waals surface area contributed by atoms with E-state index in [9.17, 15) is 4.79 Å². The van der Waals surface area contributed by atoms with Gasteiger partial charge >= 0.3 is 0 Å². The summed E-state index contributed by atoms with van der Waals surface area (Å²) in [7, 11) is 4.51. The molecule has 6 heteroatoms. The van der Waals surface area contributed by atoms with Crippen molar-refractivity contribution >= 4 is 23.2 Å². The fourth-order valence-corrected chi connectivity index (χ4v) is 4.26. The number of carbonyl (C=O) groups is 1. The summed E-state index contributed by atoms with van der Waals surface area (Å²) in [5.41, 5.74) is 2.32. The fourth-order valence-electron chi connectivity index (χ4n) is 4.06. The van der Waals surface area contributed by atoms with Gasteiger partial charge in [-0.3, -0.25) is 4.79 Å². The van der Waals surface area contributed by atoms with Crippen molar-refractivity contribution in [1.29, 1.82) is 0 Å². The van der Waals surface area contributed by atoms with Crippen LogP contribution in [0.25, 0.3) is 0 Å². The van der Waals surface area contributed by atoms with Gasteiger partial charge in [0.15, 0.2) is 0 Å². The zero-order chi connectivity index (χ0) is 18.4. The molecule has 1 fully saturated rings. The number of nitrogens with zero attached hydrogens (tertiary/aromatic N) is 2. The number of likely N-dealkylation sites (tertiary alicyclic amines) is 1. The lowest BCUT2D eigenvalue weighted by Gasteiger charge is -2.53. The molecule has 0 radical (unpaired) electrons. The van der Waals surface area contributed by atoms with E-state index < -0.39 is 0 Å². The lowest BCUT2D eigenvalue weighted by atomic mass is 9.88. The van der Waals surface area contributed by atoms with Crippen LogP contribution in [0, 0.1) is 0 Å². The summed E-state index contributed by atoms with van der Waals surface area (Å²) in [4.78, 5) is 15.4. The number of halogens is 2. The van der Waals surface area contributed by atoms with Gasteiger partial charge in [-0.15, -0.1) is 0 Å². The summed E-state index contributed by atoms with van der Waals surface area (Å²) in [6, 6.07) is 15.6. The smallest absolute Gasteiger partial charge is 0.258 e. The first-order chi connectivity index (χ1) is 12.4. The third-order valence-electron chi connectivity index (χ3n) is 5.83. The van der Waals surface area contributed by atoms with Crippen LogP contribution in [0.5, 0.6) is 0 Å². The van der Waals surface area contributed by atoms with Gasteiger partial charge in [-0.1, -0.05) is 41.9 Å². The van der Waals surface area contributed by atoms with Crippen molar-refractivity contribution in [3.63, 3.8) is 0 Å². The van der Waals surface area contributed by atoms with Crippen molar-refractivity contribution in [2.75, 3.05) is 32.5 Å². The van der Waals surface area contributed by atoms with Gasteiger partial charge in [0.25, 0.3) is 5.91 Å². The third kappa shape index (κ3) is 3.82. The molecule has 27 heavy (non-hydrogen) atoms. The average Bonchev–Trinajstić information content (AvgIpc) is 2.63. The van der Waals surface area contributed by atoms with Crippen LogP contribution in [0.15, 0.2) is 48.5 Å². The molecule has 0 bridgehead atoms. The Hall–Kier alpha value is -1.31. The van der Waals surface area contributed by atoms with Gasteiger partial charge in [-0.2, -0.15) is 0 Å². The highest BCUT2D eigenvalue weighted by Crippen LogP contribution is 2.40. The molecule has 1 saturated heterocycles. The summed E-state index contributed by atoms with van der Waals surface area (Å²) < 4.78 is 0.985. The highest BCUT2D eigenvalue weighted by molar-refractivity contribution is 6.31. The lowest BCUT2D eigenvalue weighted by Crippen LogP contribution is -3.00. The van der Waals surface area contributed by atoms with E-state index in [0.29, 0.717) is 11.6 Å². The monoisotopic (exact) mass is 497 g/mol. The Bertz CT molecular complexity index is 845. The van der Waals surface area contributed by atoms with Crippen LogP contribution in [0.3, 0.4) is 0 Å². The number of fused-ring (bicyclic) bond motifs is 1. The van der Waals surface area contributed by atoms with Crippen molar-refractivity contribution in [3.05, 3.63) is 64.7 Å². The molecule has 4 nitrogen and oxygen atoms in total. The molecule has 1 amide bonds. The maximum atomic E-state index is 13.4. The highest BCUT2D eigenvalue weighted by atomic mass is 127. The minimum absolute atomic E-state index is 0. The molecular formula is C21H25ClIN3O. The standard InChI is InChI=1S/C21H24ClN3O.HI/c1-25(2)13-11-21(12-14-25)23-19-10-6-4-8-17(19)20(26)24(21)15-16-7-3-5-9-18(16)22;/h3-10H,11-15H2,1-2H3;1H. The van der Waals surface area contributed by atoms with Crippen LogP contribution >= 0.6 is 11.6 Å². The molecule has 1 spiro atoms. The summed E-state index contributed by atoms with van der Waals surface area (Å²) >= 11 is 6.40. The van der Waals surface area contributed by atoms with Crippen LogP contribution in [-0.4, -0.2) is 48.1 Å². The maximum absolute atomic E-state index is 13.4. The average molecular weight is 498 g/mol. The van der Waals surface area contributed by atoms with Gasteiger partial charge in [-0.05, 0) is 23.8 Å². The second-order valence-corrected chi connectivity index (χ2v) is 8.48. The van der Waals surface area contributed by atoms with E-state index in [1.165, 1.54) is 0 Å². The SMILES string of the molecule is C[N+]1(C)CCC2(CC1)Nc1ccccc1C(=O)N2Cc1ccccc1Cl.[I-]. The number of nitrogens with one attached hydrogen (secondary N) is 1. The maximum Gasteiger partial charge on any atom is 0.258 e. The quantitative estimate of drug-likeness (QED) is 0.496. The number of hydrogen-bond acceptors (Lipinski definition) is 2. The molecule has 4 rings (SSSR count). The van der Waals surface area contributed by atoms with Crippen LogP contribution in [0.2, 0.25) is 5.02 Å². The molecular weight excluding hydrogens is 473 g/mol. The largest absolute Gasteiger partial charge is 1.00 e. The van der Waals surface area contributed by atoms with E-state index >= 15 is 0 Å². The number of rotatable bonds is 2. The van der Waals surface area contributed by atoms with E-state index in [0.717, 1.165) is 47.2 Å². The van der Waals surface area contributed by atoms with Gasteiger partial charge in [-0.25, -0.2) is 0 Å². The Morgan fingerprint density at radius 2 is 1.70 bits per heavy atom. The predicted molar refractivity (Wildman–Crippen MR) is 105 cm³/mol. The summed E-state index contributed by atoms with van der Waals surface area (Å²) in [6.45, 7) is 2.58. The topological polar surface area (TPSA) is 32.3 Å². The number of carbonyl (C=O) groups excluding carboxylic acids is 1. The molecule has 144 valence electrons. The van der Waals surface area contributed by atoms with Crippen molar-refractivity contribution in [2.45, 2.75) is 25.0 Å². The first kappa shape index (κ1) is 20.4.